The molecule has 1 aromatic carbocycles. The molecule has 1 aliphatic heterocycles. The summed E-state index contributed by atoms with van der Waals surface area (Å²) < 4.78 is 0. The SMILES string of the molecule is Cc1c(N)cccc1N1CCC(C(C)(C)C)C1. The van der Waals surface area contributed by atoms with Gasteiger partial charge in [-0.25, -0.2) is 0 Å². The van der Waals surface area contributed by atoms with Crippen LogP contribution < -0.4 is 10.6 Å². The van der Waals surface area contributed by atoms with Crippen LogP contribution in [0.15, 0.2) is 18.2 Å². The summed E-state index contributed by atoms with van der Waals surface area (Å²) in [6, 6.07) is 6.23. The Balaban J connectivity index is 2.18. The highest BCUT2D eigenvalue weighted by Gasteiger charge is 2.32. The van der Waals surface area contributed by atoms with Gasteiger partial charge in [-0.2, -0.15) is 0 Å². The molecule has 1 atom stereocenters. The fourth-order valence-corrected chi connectivity index (χ4v) is 2.67. The van der Waals surface area contributed by atoms with Crippen molar-refractivity contribution in [3.8, 4) is 0 Å². The lowest BCUT2D eigenvalue weighted by Crippen LogP contribution is -2.26. The molecule has 94 valence electrons. The average Bonchev–Trinajstić information content (AvgIpc) is 2.70. The maximum Gasteiger partial charge on any atom is 0.0416 e. The summed E-state index contributed by atoms with van der Waals surface area (Å²) in [5.74, 6) is 0.781. The summed E-state index contributed by atoms with van der Waals surface area (Å²) in [5, 5.41) is 0. The molecule has 2 nitrogen and oxygen atoms in total. The zero-order chi connectivity index (χ0) is 12.6. The van der Waals surface area contributed by atoms with E-state index >= 15 is 0 Å². The van der Waals surface area contributed by atoms with Crippen molar-refractivity contribution in [1.29, 1.82) is 0 Å². The molecule has 2 N–H and O–H groups in total. The Morgan fingerprint density at radius 2 is 2.00 bits per heavy atom. The molecule has 1 aliphatic rings. The number of rotatable bonds is 1. The molecular weight excluding hydrogens is 208 g/mol. The van der Waals surface area contributed by atoms with E-state index in [4.69, 9.17) is 5.73 Å². The molecule has 0 aromatic heterocycles. The Labute approximate surface area is 105 Å². The van der Waals surface area contributed by atoms with Crippen molar-refractivity contribution in [3.05, 3.63) is 23.8 Å². The number of nitrogens with two attached hydrogens (primary N) is 1. The van der Waals surface area contributed by atoms with Gasteiger partial charge in [0, 0.05) is 24.5 Å². The minimum absolute atomic E-state index is 0.406. The number of hydrogen-bond donors (Lipinski definition) is 1. The Morgan fingerprint density at radius 3 is 2.59 bits per heavy atom. The van der Waals surface area contributed by atoms with Crippen molar-refractivity contribution in [2.45, 2.75) is 34.1 Å². The van der Waals surface area contributed by atoms with E-state index in [1.54, 1.807) is 0 Å². The largest absolute Gasteiger partial charge is 0.398 e. The molecule has 1 aromatic rings. The normalized spacial score (nSPS) is 20.9. The highest BCUT2D eigenvalue weighted by molar-refractivity contribution is 5.64. The molecule has 2 rings (SSSR count). The second kappa shape index (κ2) is 4.25. The molecule has 0 bridgehead atoms. The van der Waals surface area contributed by atoms with Gasteiger partial charge in [0.15, 0.2) is 0 Å². The first-order chi connectivity index (χ1) is 7.89. The minimum atomic E-state index is 0.406. The number of anilines is 2. The number of nitrogens with zero attached hydrogens (tertiary/aromatic N) is 1. The molecule has 1 heterocycles. The molecule has 17 heavy (non-hydrogen) atoms. The molecule has 0 saturated carbocycles. The van der Waals surface area contributed by atoms with Gasteiger partial charge in [0.2, 0.25) is 0 Å². The van der Waals surface area contributed by atoms with Gasteiger partial charge in [-0.3, -0.25) is 0 Å². The lowest BCUT2D eigenvalue weighted by Gasteiger charge is -2.28. The van der Waals surface area contributed by atoms with Crippen LogP contribution in [0.5, 0.6) is 0 Å². The third kappa shape index (κ3) is 2.41. The quantitative estimate of drug-likeness (QED) is 0.751. The van der Waals surface area contributed by atoms with Gasteiger partial charge in [-0.1, -0.05) is 26.8 Å². The lowest BCUT2D eigenvalue weighted by atomic mass is 9.80. The van der Waals surface area contributed by atoms with Crippen LogP contribution in [-0.4, -0.2) is 13.1 Å². The molecule has 0 radical (unpaired) electrons. The number of benzene rings is 1. The van der Waals surface area contributed by atoms with Crippen LogP contribution in [0, 0.1) is 18.3 Å². The zero-order valence-corrected chi connectivity index (χ0v) is 11.5. The summed E-state index contributed by atoms with van der Waals surface area (Å²) in [6.07, 6.45) is 1.29. The van der Waals surface area contributed by atoms with Crippen LogP contribution in [0.25, 0.3) is 0 Å². The fourth-order valence-electron chi connectivity index (χ4n) is 2.67. The summed E-state index contributed by atoms with van der Waals surface area (Å²) in [5.41, 5.74) is 9.83. The van der Waals surface area contributed by atoms with E-state index in [0.29, 0.717) is 5.41 Å². The highest BCUT2D eigenvalue weighted by Crippen LogP contribution is 2.37. The van der Waals surface area contributed by atoms with Crippen LogP contribution in [0.2, 0.25) is 0 Å². The van der Waals surface area contributed by atoms with E-state index in [-0.39, 0.29) is 0 Å². The first kappa shape index (κ1) is 12.3. The van der Waals surface area contributed by atoms with Gasteiger partial charge >= 0.3 is 0 Å². The first-order valence-corrected chi connectivity index (χ1v) is 6.49. The van der Waals surface area contributed by atoms with Crippen molar-refractivity contribution in [3.63, 3.8) is 0 Å². The lowest BCUT2D eigenvalue weighted by molar-refractivity contribution is 0.263. The molecule has 0 amide bonds. The van der Waals surface area contributed by atoms with Gasteiger partial charge < -0.3 is 10.6 Å². The van der Waals surface area contributed by atoms with Crippen molar-refractivity contribution < 1.29 is 0 Å². The fraction of sp³-hybridized carbons (Fsp3) is 0.600. The summed E-state index contributed by atoms with van der Waals surface area (Å²) in [6.45, 7) is 11.5. The predicted molar refractivity (Wildman–Crippen MR) is 75.4 cm³/mol. The number of hydrogen-bond acceptors (Lipinski definition) is 2. The molecule has 1 fully saturated rings. The van der Waals surface area contributed by atoms with Crippen molar-refractivity contribution in [2.24, 2.45) is 11.3 Å². The maximum absolute atomic E-state index is 5.98. The monoisotopic (exact) mass is 232 g/mol. The molecule has 1 saturated heterocycles. The third-order valence-corrected chi connectivity index (χ3v) is 4.10. The van der Waals surface area contributed by atoms with E-state index in [2.05, 4.69) is 44.7 Å². The van der Waals surface area contributed by atoms with Crippen LogP contribution in [0.3, 0.4) is 0 Å². The van der Waals surface area contributed by atoms with Crippen LogP contribution in [0.1, 0.15) is 32.8 Å². The summed E-state index contributed by atoms with van der Waals surface area (Å²) in [4.78, 5) is 2.49. The standard InChI is InChI=1S/C15H24N2/c1-11-13(16)6-5-7-14(11)17-9-8-12(10-17)15(2,3)4/h5-7,12H,8-10,16H2,1-4H3. The summed E-state index contributed by atoms with van der Waals surface area (Å²) >= 11 is 0. The average molecular weight is 232 g/mol. The van der Waals surface area contributed by atoms with Crippen molar-refractivity contribution in [2.75, 3.05) is 23.7 Å². The van der Waals surface area contributed by atoms with Gasteiger partial charge in [-0.05, 0) is 42.4 Å². The van der Waals surface area contributed by atoms with Gasteiger partial charge in [0.1, 0.15) is 0 Å². The van der Waals surface area contributed by atoms with Gasteiger partial charge in [-0.15, -0.1) is 0 Å². The second-order valence-corrected chi connectivity index (χ2v) is 6.29. The van der Waals surface area contributed by atoms with Crippen LogP contribution in [0.4, 0.5) is 11.4 Å². The smallest absolute Gasteiger partial charge is 0.0416 e. The highest BCUT2D eigenvalue weighted by atomic mass is 15.2. The first-order valence-electron chi connectivity index (χ1n) is 6.49. The van der Waals surface area contributed by atoms with E-state index in [1.807, 2.05) is 6.07 Å². The molecule has 0 spiro atoms. The van der Waals surface area contributed by atoms with E-state index in [0.717, 1.165) is 24.7 Å². The van der Waals surface area contributed by atoms with Gasteiger partial charge in [0.05, 0.1) is 0 Å². The molecule has 2 heteroatoms. The topological polar surface area (TPSA) is 29.3 Å². The van der Waals surface area contributed by atoms with E-state index in [1.165, 1.54) is 17.7 Å². The second-order valence-electron chi connectivity index (χ2n) is 6.29. The Kier molecular flexibility index (Phi) is 3.07. The van der Waals surface area contributed by atoms with Crippen molar-refractivity contribution in [1.82, 2.24) is 0 Å². The number of nitrogen functional groups attached to an aromatic ring is 1. The van der Waals surface area contributed by atoms with Gasteiger partial charge in [0.25, 0.3) is 0 Å². The van der Waals surface area contributed by atoms with E-state index in [9.17, 15) is 0 Å². The van der Waals surface area contributed by atoms with Crippen LogP contribution >= 0.6 is 0 Å². The molecule has 1 unspecified atom stereocenters. The third-order valence-electron chi connectivity index (χ3n) is 4.10. The molecular formula is C15H24N2. The Morgan fingerprint density at radius 1 is 1.29 bits per heavy atom. The zero-order valence-electron chi connectivity index (χ0n) is 11.5. The van der Waals surface area contributed by atoms with Crippen molar-refractivity contribution >= 4 is 11.4 Å². The minimum Gasteiger partial charge on any atom is -0.398 e. The van der Waals surface area contributed by atoms with E-state index < -0.39 is 0 Å². The van der Waals surface area contributed by atoms with Crippen LogP contribution in [-0.2, 0) is 0 Å². The Hall–Kier alpha value is -1.18. The summed E-state index contributed by atoms with van der Waals surface area (Å²) in [7, 11) is 0. The maximum atomic E-state index is 5.98. The Bertz CT molecular complexity index is 404. The molecule has 0 aliphatic carbocycles. The predicted octanol–water partition coefficient (Wildman–Crippen LogP) is 3.45.